The van der Waals surface area contributed by atoms with E-state index in [1.54, 1.807) is 4.57 Å². The summed E-state index contributed by atoms with van der Waals surface area (Å²) in [6.07, 6.45) is 0.727. The quantitative estimate of drug-likeness (QED) is 0.323. The Labute approximate surface area is 203 Å². The number of nitrogens with zero attached hydrogens (tertiary/aromatic N) is 3. The van der Waals surface area contributed by atoms with Gasteiger partial charge in [0.25, 0.3) is 5.56 Å². The first-order chi connectivity index (χ1) is 16.5. The molecule has 0 spiro atoms. The Morgan fingerprint density at radius 3 is 2.56 bits per heavy atom. The molecule has 9 heteroatoms. The predicted octanol–water partition coefficient (Wildman–Crippen LogP) is 4.69. The van der Waals surface area contributed by atoms with Crippen LogP contribution >= 0.6 is 23.1 Å². The van der Waals surface area contributed by atoms with Crippen LogP contribution < -0.4 is 11.2 Å². The fourth-order valence-electron chi connectivity index (χ4n) is 3.93. The van der Waals surface area contributed by atoms with Gasteiger partial charge in [-0.05, 0) is 31.4 Å². The molecule has 5 rings (SSSR count). The molecule has 0 atom stereocenters. The van der Waals surface area contributed by atoms with Crippen molar-refractivity contribution in [1.29, 1.82) is 0 Å². The number of thioether (sulfide) groups is 1. The zero-order valence-corrected chi connectivity index (χ0v) is 20.4. The van der Waals surface area contributed by atoms with Crippen molar-refractivity contribution in [1.82, 2.24) is 24.7 Å². The van der Waals surface area contributed by atoms with Crippen LogP contribution in [0.1, 0.15) is 21.8 Å². The van der Waals surface area contributed by atoms with Gasteiger partial charge in [-0.25, -0.2) is 14.9 Å². The van der Waals surface area contributed by atoms with Gasteiger partial charge in [-0.3, -0.25) is 9.36 Å². The van der Waals surface area contributed by atoms with Crippen molar-refractivity contribution in [2.24, 2.45) is 0 Å². The lowest BCUT2D eigenvalue weighted by Crippen LogP contribution is -2.19. The van der Waals surface area contributed by atoms with E-state index < -0.39 is 0 Å². The number of aromatic amines is 2. The van der Waals surface area contributed by atoms with E-state index in [4.69, 9.17) is 4.98 Å². The van der Waals surface area contributed by atoms with Crippen molar-refractivity contribution in [3.63, 3.8) is 0 Å². The van der Waals surface area contributed by atoms with Crippen LogP contribution in [0.25, 0.3) is 21.3 Å². The van der Waals surface area contributed by atoms with Crippen LogP contribution in [0.5, 0.6) is 0 Å². The van der Waals surface area contributed by atoms with E-state index in [0.717, 1.165) is 32.8 Å². The summed E-state index contributed by atoms with van der Waals surface area (Å²) in [6, 6.07) is 18.2. The van der Waals surface area contributed by atoms with Gasteiger partial charge in [0.2, 0.25) is 0 Å². The van der Waals surface area contributed by atoms with Gasteiger partial charge in [0.05, 0.1) is 11.1 Å². The molecule has 0 amide bonds. The molecule has 5 aromatic rings. The third kappa shape index (κ3) is 4.49. The number of thiophene rings is 1. The van der Waals surface area contributed by atoms with Gasteiger partial charge in [-0.15, -0.1) is 16.4 Å². The Morgan fingerprint density at radius 2 is 1.79 bits per heavy atom. The van der Waals surface area contributed by atoms with Gasteiger partial charge in [0.15, 0.2) is 5.16 Å². The molecule has 3 aromatic heterocycles. The third-order valence-corrected chi connectivity index (χ3v) is 7.64. The molecule has 2 aromatic carbocycles. The zero-order chi connectivity index (χ0) is 23.7. The van der Waals surface area contributed by atoms with E-state index in [0.29, 0.717) is 28.7 Å². The number of H-pyrrole nitrogens is 2. The zero-order valence-electron chi connectivity index (χ0n) is 18.8. The highest BCUT2D eigenvalue weighted by Crippen LogP contribution is 2.35. The van der Waals surface area contributed by atoms with Crippen LogP contribution in [0.4, 0.5) is 0 Å². The molecule has 0 unspecified atom stereocenters. The lowest BCUT2D eigenvalue weighted by molar-refractivity contribution is 0.615. The summed E-state index contributed by atoms with van der Waals surface area (Å²) in [6.45, 7) is 4.58. The molecule has 0 saturated heterocycles. The topological polar surface area (TPSA) is 96.4 Å². The van der Waals surface area contributed by atoms with Gasteiger partial charge in [-0.1, -0.05) is 71.9 Å². The van der Waals surface area contributed by atoms with Crippen LogP contribution in [0.2, 0.25) is 0 Å². The molecule has 0 aliphatic rings. The third-order valence-electron chi connectivity index (χ3n) is 5.66. The van der Waals surface area contributed by atoms with Crippen molar-refractivity contribution < 1.29 is 0 Å². The molecule has 0 aliphatic carbocycles. The normalized spacial score (nSPS) is 11.4. The summed E-state index contributed by atoms with van der Waals surface area (Å²) in [5.74, 6) is 0.960. The molecule has 0 saturated carbocycles. The molecular formula is C25H23N5O2S2. The first kappa shape index (κ1) is 22.4. The summed E-state index contributed by atoms with van der Waals surface area (Å²) in [7, 11) is 0. The maximum absolute atomic E-state index is 13.0. The van der Waals surface area contributed by atoms with E-state index in [9.17, 15) is 9.59 Å². The molecule has 7 nitrogen and oxygen atoms in total. The number of benzene rings is 2. The molecule has 0 aliphatic heterocycles. The van der Waals surface area contributed by atoms with E-state index in [-0.39, 0.29) is 11.2 Å². The highest BCUT2D eigenvalue weighted by atomic mass is 32.2. The summed E-state index contributed by atoms with van der Waals surface area (Å²) in [5, 5.41) is 7.89. The van der Waals surface area contributed by atoms with Crippen molar-refractivity contribution in [3.05, 3.63) is 97.3 Å². The number of rotatable bonds is 7. The second kappa shape index (κ2) is 9.44. The Morgan fingerprint density at radius 1 is 1.03 bits per heavy atom. The summed E-state index contributed by atoms with van der Waals surface area (Å²) < 4.78 is 1.62. The second-order valence-corrected chi connectivity index (χ2v) is 10.2. The standard InChI is InChI=1S/C25H23N5O2S2/c1-15-8-10-18(11-9-15)20-16(2)34-23-21(20)22(31)26-19(27-23)14-33-25-29-28-24(32)30(25)13-12-17-6-4-3-5-7-17/h3-11H,12-14H2,1-2H3,(H,28,32)(H,26,27,31). The van der Waals surface area contributed by atoms with Crippen LogP contribution in [0, 0.1) is 13.8 Å². The molecule has 34 heavy (non-hydrogen) atoms. The number of hydrogen-bond donors (Lipinski definition) is 2. The predicted molar refractivity (Wildman–Crippen MR) is 138 cm³/mol. The van der Waals surface area contributed by atoms with Crippen LogP contribution in [-0.2, 0) is 18.7 Å². The van der Waals surface area contributed by atoms with Gasteiger partial charge in [-0.2, -0.15) is 0 Å². The van der Waals surface area contributed by atoms with Gasteiger partial charge in [0.1, 0.15) is 10.7 Å². The van der Waals surface area contributed by atoms with Gasteiger partial charge in [0, 0.05) is 17.0 Å². The molecule has 2 N–H and O–H groups in total. The fourth-order valence-corrected chi connectivity index (χ4v) is 5.84. The molecule has 3 heterocycles. The summed E-state index contributed by atoms with van der Waals surface area (Å²) in [4.78, 5) is 34.7. The monoisotopic (exact) mass is 489 g/mol. The van der Waals surface area contributed by atoms with Gasteiger partial charge < -0.3 is 4.98 Å². The lowest BCUT2D eigenvalue weighted by Gasteiger charge is -2.06. The smallest absolute Gasteiger partial charge is 0.309 e. The number of nitrogens with one attached hydrogen (secondary N) is 2. The minimum absolute atomic E-state index is 0.149. The maximum atomic E-state index is 13.0. The Balaban J connectivity index is 1.38. The van der Waals surface area contributed by atoms with Crippen LogP contribution in [-0.4, -0.2) is 24.7 Å². The van der Waals surface area contributed by atoms with Crippen molar-refractivity contribution in [3.8, 4) is 11.1 Å². The number of hydrogen-bond acceptors (Lipinski definition) is 6. The molecule has 172 valence electrons. The Kier molecular flexibility index (Phi) is 6.21. The number of aromatic nitrogens is 5. The van der Waals surface area contributed by atoms with Crippen LogP contribution in [0.15, 0.2) is 69.3 Å². The minimum Gasteiger partial charge on any atom is -0.309 e. The van der Waals surface area contributed by atoms with E-state index >= 15 is 0 Å². The van der Waals surface area contributed by atoms with Gasteiger partial charge >= 0.3 is 5.69 Å². The number of fused-ring (bicyclic) bond motifs is 1. The van der Waals surface area contributed by atoms with E-state index in [1.807, 2.05) is 68.4 Å². The summed E-state index contributed by atoms with van der Waals surface area (Å²) >= 11 is 2.90. The van der Waals surface area contributed by atoms with Crippen molar-refractivity contribution >= 4 is 33.3 Å². The molecular weight excluding hydrogens is 466 g/mol. The molecule has 0 radical (unpaired) electrons. The Bertz CT molecular complexity index is 1560. The van der Waals surface area contributed by atoms with E-state index in [2.05, 4.69) is 15.2 Å². The van der Waals surface area contributed by atoms with Crippen LogP contribution in [0.3, 0.4) is 0 Å². The fraction of sp³-hybridized carbons (Fsp3) is 0.200. The second-order valence-electron chi connectivity index (χ2n) is 8.08. The molecule has 0 fully saturated rings. The molecule has 0 bridgehead atoms. The van der Waals surface area contributed by atoms with Crippen molar-refractivity contribution in [2.75, 3.05) is 0 Å². The average Bonchev–Trinajstić information content (AvgIpc) is 3.36. The Hall–Kier alpha value is -3.43. The van der Waals surface area contributed by atoms with Crippen molar-refractivity contribution in [2.45, 2.75) is 37.7 Å². The highest BCUT2D eigenvalue weighted by Gasteiger charge is 2.17. The number of aryl methyl sites for hydroxylation is 3. The van der Waals surface area contributed by atoms with E-state index in [1.165, 1.54) is 28.7 Å². The largest absolute Gasteiger partial charge is 0.343 e. The highest BCUT2D eigenvalue weighted by molar-refractivity contribution is 7.98. The maximum Gasteiger partial charge on any atom is 0.343 e. The SMILES string of the molecule is Cc1ccc(-c2c(C)sc3nc(CSc4n[nH]c(=O)n4CCc4ccccc4)[nH]c(=O)c23)cc1. The first-order valence-electron chi connectivity index (χ1n) is 10.9. The lowest BCUT2D eigenvalue weighted by atomic mass is 10.0. The average molecular weight is 490 g/mol. The minimum atomic E-state index is -0.244. The summed E-state index contributed by atoms with van der Waals surface area (Å²) in [5.41, 5.74) is 3.89. The first-order valence-corrected chi connectivity index (χ1v) is 12.7.